The number of halogens is 3. The lowest BCUT2D eigenvalue weighted by molar-refractivity contribution is 0.229. The van der Waals surface area contributed by atoms with Crippen LogP contribution in [0.1, 0.15) is 13.8 Å². The van der Waals surface area contributed by atoms with Crippen molar-refractivity contribution in [2.24, 2.45) is 0 Å². The highest BCUT2D eigenvalue weighted by Gasteiger charge is 2.32. The largest absolute Gasteiger partial charge is 0.364 e. The molecule has 1 rings (SSSR count). The second-order valence-electron chi connectivity index (χ2n) is 3.03. The molecule has 0 fully saturated rings. The van der Waals surface area contributed by atoms with Crippen LogP contribution in [0.3, 0.4) is 0 Å². The lowest BCUT2D eigenvalue weighted by atomic mass is 10.3. The fourth-order valence-electron chi connectivity index (χ4n) is 1.24. The average molecular weight is 268 g/mol. The summed E-state index contributed by atoms with van der Waals surface area (Å²) in [6.07, 6.45) is 0. The Morgan fingerprint density at radius 2 is 1.59 bits per heavy atom. The van der Waals surface area contributed by atoms with Gasteiger partial charge in [-0.15, -0.1) is 0 Å². The summed E-state index contributed by atoms with van der Waals surface area (Å²) < 4.78 is 61.0. The molecule has 0 N–H and O–H groups in total. The maximum Gasteiger partial charge on any atom is 0.364 e. The predicted octanol–water partition coefficient (Wildman–Crippen LogP) is 3.00. The van der Waals surface area contributed by atoms with Crippen LogP contribution in [-0.4, -0.2) is 13.2 Å². The fourth-order valence-corrected chi connectivity index (χ4v) is 2.87. The monoisotopic (exact) mass is 268 g/mol. The molecule has 3 nitrogen and oxygen atoms in total. The van der Waals surface area contributed by atoms with Crippen LogP contribution < -0.4 is 5.30 Å². The smallest absolute Gasteiger partial charge is 0.305 e. The van der Waals surface area contributed by atoms with E-state index in [4.69, 9.17) is 9.05 Å². The molecule has 1 aromatic rings. The molecular weight excluding hydrogens is 256 g/mol. The van der Waals surface area contributed by atoms with Crippen molar-refractivity contribution in [3.63, 3.8) is 0 Å². The standard InChI is InChI=1S/C10H12F3O3P/c1-3-15-17(14,16-4-2)8-6-5-7(11)9(12)10(8)13/h5-6H,3-4H2,1-2H3. The molecule has 0 unspecified atom stereocenters. The van der Waals surface area contributed by atoms with E-state index in [0.29, 0.717) is 6.07 Å². The van der Waals surface area contributed by atoms with Crippen LogP contribution in [0, 0.1) is 17.5 Å². The summed E-state index contributed by atoms with van der Waals surface area (Å²) in [5.41, 5.74) is 0. The number of benzene rings is 1. The van der Waals surface area contributed by atoms with Gasteiger partial charge in [0.05, 0.1) is 13.2 Å². The number of rotatable bonds is 5. The van der Waals surface area contributed by atoms with Gasteiger partial charge in [-0.2, -0.15) is 0 Å². The van der Waals surface area contributed by atoms with E-state index >= 15 is 0 Å². The topological polar surface area (TPSA) is 35.5 Å². The first-order valence-electron chi connectivity index (χ1n) is 4.99. The van der Waals surface area contributed by atoms with Crippen molar-refractivity contribution in [2.75, 3.05) is 13.2 Å². The average Bonchev–Trinajstić information content (AvgIpc) is 2.26. The van der Waals surface area contributed by atoms with Crippen LogP contribution in [-0.2, 0) is 13.6 Å². The van der Waals surface area contributed by atoms with Crippen LogP contribution in [0.25, 0.3) is 0 Å². The second kappa shape index (κ2) is 5.67. The van der Waals surface area contributed by atoms with Gasteiger partial charge in [0.25, 0.3) is 0 Å². The Balaban J connectivity index is 3.29. The molecule has 0 amide bonds. The molecule has 0 aliphatic heterocycles. The third-order valence-electron chi connectivity index (χ3n) is 1.91. The van der Waals surface area contributed by atoms with Crippen molar-refractivity contribution in [2.45, 2.75) is 13.8 Å². The first kappa shape index (κ1) is 14.2. The molecule has 0 aromatic heterocycles. The number of hydrogen-bond donors (Lipinski definition) is 0. The zero-order valence-electron chi connectivity index (χ0n) is 9.37. The Kier molecular flexibility index (Phi) is 4.74. The maximum absolute atomic E-state index is 13.5. The van der Waals surface area contributed by atoms with E-state index in [9.17, 15) is 17.7 Å². The maximum atomic E-state index is 13.5. The summed E-state index contributed by atoms with van der Waals surface area (Å²) in [5.74, 6) is -4.59. The van der Waals surface area contributed by atoms with E-state index in [-0.39, 0.29) is 13.2 Å². The molecule has 0 aliphatic rings. The first-order valence-corrected chi connectivity index (χ1v) is 6.53. The highest BCUT2D eigenvalue weighted by molar-refractivity contribution is 7.62. The molecule has 0 heterocycles. The molecule has 0 saturated heterocycles. The van der Waals surface area contributed by atoms with E-state index in [1.165, 1.54) is 13.8 Å². The van der Waals surface area contributed by atoms with Crippen LogP contribution in [0.5, 0.6) is 0 Å². The lowest BCUT2D eigenvalue weighted by Crippen LogP contribution is -2.17. The van der Waals surface area contributed by atoms with Gasteiger partial charge >= 0.3 is 7.60 Å². The van der Waals surface area contributed by atoms with Crippen molar-refractivity contribution in [1.82, 2.24) is 0 Å². The summed E-state index contributed by atoms with van der Waals surface area (Å²) in [6, 6.07) is 1.54. The Hall–Kier alpha value is -0.840. The van der Waals surface area contributed by atoms with Crippen LogP contribution >= 0.6 is 7.60 Å². The van der Waals surface area contributed by atoms with Crippen LogP contribution in [0.15, 0.2) is 12.1 Å². The van der Waals surface area contributed by atoms with Crippen LogP contribution in [0.4, 0.5) is 13.2 Å². The highest BCUT2D eigenvalue weighted by atomic mass is 31.2. The van der Waals surface area contributed by atoms with E-state index in [1.54, 1.807) is 0 Å². The van der Waals surface area contributed by atoms with Crippen molar-refractivity contribution in [1.29, 1.82) is 0 Å². The zero-order valence-corrected chi connectivity index (χ0v) is 10.3. The van der Waals surface area contributed by atoms with E-state index in [0.717, 1.165) is 6.07 Å². The Morgan fingerprint density at radius 3 is 2.06 bits per heavy atom. The van der Waals surface area contributed by atoms with Crippen LogP contribution in [0.2, 0.25) is 0 Å². The van der Waals surface area contributed by atoms with Gasteiger partial charge in [-0.25, -0.2) is 13.2 Å². The van der Waals surface area contributed by atoms with Gasteiger partial charge < -0.3 is 9.05 Å². The van der Waals surface area contributed by atoms with E-state index < -0.39 is 30.4 Å². The van der Waals surface area contributed by atoms with Crippen molar-refractivity contribution < 1.29 is 26.8 Å². The summed E-state index contributed by atoms with van der Waals surface area (Å²) in [6.45, 7) is 3.05. The van der Waals surface area contributed by atoms with Crippen molar-refractivity contribution in [3.05, 3.63) is 29.6 Å². The van der Waals surface area contributed by atoms with E-state index in [2.05, 4.69) is 0 Å². The minimum atomic E-state index is -3.94. The third-order valence-corrected chi connectivity index (χ3v) is 4.04. The molecule has 7 heteroatoms. The third kappa shape index (κ3) is 2.89. The normalized spacial score (nSPS) is 11.8. The van der Waals surface area contributed by atoms with Crippen molar-refractivity contribution >= 4 is 12.9 Å². The second-order valence-corrected chi connectivity index (χ2v) is 5.02. The molecule has 0 bridgehead atoms. The zero-order chi connectivity index (χ0) is 13.1. The molecular formula is C10H12F3O3P. The fraction of sp³-hybridized carbons (Fsp3) is 0.400. The molecule has 0 atom stereocenters. The lowest BCUT2D eigenvalue weighted by Gasteiger charge is -2.17. The molecule has 1 aromatic carbocycles. The summed E-state index contributed by atoms with van der Waals surface area (Å²) in [7, 11) is -3.94. The van der Waals surface area contributed by atoms with Gasteiger partial charge in [0.2, 0.25) is 0 Å². The highest BCUT2D eigenvalue weighted by Crippen LogP contribution is 2.47. The Bertz CT molecular complexity index is 441. The first-order chi connectivity index (χ1) is 7.96. The Labute approximate surface area is 97.1 Å². The summed E-state index contributed by atoms with van der Waals surface area (Å²) in [4.78, 5) is 0. The Morgan fingerprint density at radius 1 is 1.06 bits per heavy atom. The molecule has 0 aliphatic carbocycles. The number of hydrogen-bond acceptors (Lipinski definition) is 3. The molecule has 17 heavy (non-hydrogen) atoms. The SMILES string of the molecule is CCOP(=O)(OCC)c1ccc(F)c(F)c1F. The van der Waals surface area contributed by atoms with Gasteiger partial charge in [0, 0.05) is 0 Å². The molecule has 0 spiro atoms. The van der Waals surface area contributed by atoms with Crippen molar-refractivity contribution in [3.8, 4) is 0 Å². The molecule has 0 radical (unpaired) electrons. The van der Waals surface area contributed by atoms with Gasteiger partial charge in [-0.05, 0) is 26.0 Å². The van der Waals surface area contributed by atoms with E-state index in [1.807, 2.05) is 0 Å². The predicted molar refractivity (Wildman–Crippen MR) is 56.8 cm³/mol. The summed E-state index contributed by atoms with van der Waals surface area (Å²) in [5, 5.41) is -0.597. The van der Waals surface area contributed by atoms with Gasteiger partial charge in [-0.1, -0.05) is 0 Å². The minimum absolute atomic E-state index is 0.00425. The molecule has 96 valence electrons. The molecule has 0 saturated carbocycles. The van der Waals surface area contributed by atoms with Gasteiger partial charge in [0.15, 0.2) is 17.5 Å². The quantitative estimate of drug-likeness (QED) is 0.608. The van der Waals surface area contributed by atoms with Gasteiger partial charge in [0.1, 0.15) is 5.30 Å². The summed E-state index contributed by atoms with van der Waals surface area (Å²) >= 11 is 0. The van der Waals surface area contributed by atoms with Gasteiger partial charge in [-0.3, -0.25) is 4.57 Å². The minimum Gasteiger partial charge on any atom is -0.305 e.